The van der Waals surface area contributed by atoms with Crippen molar-refractivity contribution in [3.05, 3.63) is 59.3 Å². The van der Waals surface area contributed by atoms with Crippen LogP contribution in [-0.2, 0) is 13.6 Å². The van der Waals surface area contributed by atoms with E-state index in [0.717, 1.165) is 47.9 Å². The highest BCUT2D eigenvalue weighted by atomic mass is 15.3. The van der Waals surface area contributed by atoms with E-state index in [9.17, 15) is 0 Å². The average Bonchev–Trinajstić information content (AvgIpc) is 3.34. The molecule has 5 rings (SSSR count). The van der Waals surface area contributed by atoms with Gasteiger partial charge in [-0.2, -0.15) is 5.10 Å². The van der Waals surface area contributed by atoms with Crippen molar-refractivity contribution in [3.63, 3.8) is 0 Å². The summed E-state index contributed by atoms with van der Waals surface area (Å²) >= 11 is 0. The van der Waals surface area contributed by atoms with Crippen molar-refractivity contribution in [1.82, 2.24) is 29.0 Å². The number of hydrogen-bond donors (Lipinski definition) is 0. The molecule has 0 unspecified atom stereocenters. The first-order chi connectivity index (χ1) is 13.1. The molecule has 0 aliphatic carbocycles. The number of likely N-dealkylation sites (tertiary alicyclic amines) is 1. The Morgan fingerprint density at radius 2 is 2.00 bits per heavy atom. The summed E-state index contributed by atoms with van der Waals surface area (Å²) in [5, 5.41) is 4.56. The van der Waals surface area contributed by atoms with Crippen LogP contribution in [0.5, 0.6) is 0 Å². The number of hydrogen-bond acceptors (Lipinski definition) is 4. The number of rotatable bonds is 3. The van der Waals surface area contributed by atoms with Gasteiger partial charge in [0.05, 0.1) is 23.3 Å². The number of fused-ring (bicyclic) bond motifs is 2. The summed E-state index contributed by atoms with van der Waals surface area (Å²) in [4.78, 5) is 12.2. The van der Waals surface area contributed by atoms with Gasteiger partial charge in [-0.05, 0) is 51.4 Å². The topological polar surface area (TPSA) is 51.2 Å². The van der Waals surface area contributed by atoms with Crippen LogP contribution in [0.2, 0.25) is 0 Å². The van der Waals surface area contributed by atoms with Gasteiger partial charge in [0, 0.05) is 30.5 Å². The van der Waals surface area contributed by atoms with Crippen LogP contribution in [0.15, 0.2) is 36.5 Å². The monoisotopic (exact) mass is 360 g/mol. The Balaban J connectivity index is 1.51. The van der Waals surface area contributed by atoms with Gasteiger partial charge in [-0.25, -0.2) is 14.5 Å². The maximum atomic E-state index is 4.95. The average molecular weight is 360 g/mol. The van der Waals surface area contributed by atoms with Crippen LogP contribution in [0.25, 0.3) is 16.7 Å². The highest BCUT2D eigenvalue weighted by molar-refractivity contribution is 5.75. The van der Waals surface area contributed by atoms with Crippen molar-refractivity contribution in [2.45, 2.75) is 39.3 Å². The largest absolute Gasteiger partial charge is 0.330 e. The van der Waals surface area contributed by atoms with Gasteiger partial charge in [0.2, 0.25) is 0 Å². The minimum absolute atomic E-state index is 0.336. The zero-order valence-electron chi connectivity index (χ0n) is 16.1. The maximum absolute atomic E-state index is 4.95. The first-order valence-electron chi connectivity index (χ1n) is 9.58. The molecule has 0 radical (unpaired) electrons. The van der Waals surface area contributed by atoms with Crippen LogP contribution in [-0.4, -0.2) is 35.6 Å². The maximum Gasteiger partial charge on any atom is 0.159 e. The summed E-state index contributed by atoms with van der Waals surface area (Å²) in [5.41, 5.74) is 6.59. The van der Waals surface area contributed by atoms with Crippen LogP contribution in [0, 0.1) is 13.8 Å². The van der Waals surface area contributed by atoms with Crippen LogP contribution in [0.3, 0.4) is 0 Å². The fourth-order valence-electron chi connectivity index (χ4n) is 4.42. The molecule has 1 aliphatic heterocycles. The third-order valence-corrected chi connectivity index (χ3v) is 5.71. The van der Waals surface area contributed by atoms with Gasteiger partial charge in [0.25, 0.3) is 0 Å². The van der Waals surface area contributed by atoms with Gasteiger partial charge in [-0.1, -0.05) is 12.1 Å². The predicted molar refractivity (Wildman–Crippen MR) is 106 cm³/mol. The second-order valence-electron chi connectivity index (χ2n) is 7.59. The molecule has 3 aromatic heterocycles. The van der Waals surface area contributed by atoms with E-state index in [-0.39, 0.29) is 0 Å². The number of benzene rings is 1. The van der Waals surface area contributed by atoms with Crippen LogP contribution in [0.1, 0.15) is 41.7 Å². The lowest BCUT2D eigenvalue weighted by Gasteiger charge is -2.23. The van der Waals surface area contributed by atoms with Crippen molar-refractivity contribution < 1.29 is 0 Å². The van der Waals surface area contributed by atoms with Crippen molar-refractivity contribution >= 4 is 16.7 Å². The van der Waals surface area contributed by atoms with Gasteiger partial charge in [0.1, 0.15) is 5.82 Å². The minimum Gasteiger partial charge on any atom is -0.330 e. The normalized spacial score (nSPS) is 18.1. The molecule has 6 heteroatoms. The van der Waals surface area contributed by atoms with E-state index in [1.54, 1.807) is 0 Å². The van der Waals surface area contributed by atoms with E-state index in [0.29, 0.717) is 6.04 Å². The van der Waals surface area contributed by atoms with Crippen molar-refractivity contribution in [3.8, 4) is 0 Å². The molecular formula is C21H24N6. The molecule has 27 heavy (non-hydrogen) atoms. The molecule has 138 valence electrons. The third kappa shape index (κ3) is 2.63. The van der Waals surface area contributed by atoms with Gasteiger partial charge < -0.3 is 4.57 Å². The second-order valence-corrected chi connectivity index (χ2v) is 7.59. The summed E-state index contributed by atoms with van der Waals surface area (Å²) < 4.78 is 4.20. The molecule has 1 aromatic carbocycles. The number of imidazole rings is 1. The van der Waals surface area contributed by atoms with E-state index in [1.807, 2.05) is 17.6 Å². The molecule has 0 bridgehead atoms. The predicted octanol–water partition coefficient (Wildman–Crippen LogP) is 3.57. The minimum atomic E-state index is 0.336. The zero-order chi connectivity index (χ0) is 18.5. The first-order valence-corrected chi connectivity index (χ1v) is 9.58. The molecule has 4 heterocycles. The summed E-state index contributed by atoms with van der Waals surface area (Å²) in [6.07, 6.45) is 4.31. The second kappa shape index (κ2) is 6.16. The molecule has 1 saturated heterocycles. The Bertz CT molecular complexity index is 1140. The zero-order valence-corrected chi connectivity index (χ0v) is 16.1. The summed E-state index contributed by atoms with van der Waals surface area (Å²) in [6, 6.07) is 10.8. The van der Waals surface area contributed by atoms with Crippen molar-refractivity contribution in [1.29, 1.82) is 0 Å². The fourth-order valence-corrected chi connectivity index (χ4v) is 4.42. The summed E-state index contributed by atoms with van der Waals surface area (Å²) in [7, 11) is 2.13. The standard InChI is InChI=1S/C21H24N6/c1-14-11-15(2)27-20(23-14)16(12-22-27)13-26-10-6-9-19(26)21-24-17-7-4-5-8-18(17)25(21)3/h4-5,7-8,11-12,19H,6,9-10,13H2,1-3H3/t19-/m1/s1. The van der Waals surface area contributed by atoms with E-state index in [1.165, 1.54) is 17.5 Å². The quantitative estimate of drug-likeness (QED) is 0.560. The fraction of sp³-hybridized carbons (Fsp3) is 0.381. The molecule has 0 saturated carbocycles. The van der Waals surface area contributed by atoms with Gasteiger partial charge in [-0.15, -0.1) is 0 Å². The Labute approximate surface area is 158 Å². The molecule has 0 N–H and O–H groups in total. The highest BCUT2D eigenvalue weighted by Crippen LogP contribution is 2.34. The van der Waals surface area contributed by atoms with Gasteiger partial charge >= 0.3 is 0 Å². The smallest absolute Gasteiger partial charge is 0.159 e. The highest BCUT2D eigenvalue weighted by Gasteiger charge is 2.30. The number of nitrogens with zero attached hydrogens (tertiary/aromatic N) is 6. The summed E-state index contributed by atoms with van der Waals surface area (Å²) in [5.74, 6) is 1.16. The number of aromatic nitrogens is 5. The molecule has 4 aromatic rings. The lowest BCUT2D eigenvalue weighted by atomic mass is 10.2. The van der Waals surface area contributed by atoms with Crippen LogP contribution in [0.4, 0.5) is 0 Å². The number of para-hydroxylation sites is 2. The van der Waals surface area contributed by atoms with Gasteiger partial charge in [-0.3, -0.25) is 4.90 Å². The Morgan fingerprint density at radius 3 is 2.85 bits per heavy atom. The number of aryl methyl sites for hydroxylation is 3. The molecule has 0 spiro atoms. The van der Waals surface area contributed by atoms with Crippen LogP contribution < -0.4 is 0 Å². The molecule has 6 nitrogen and oxygen atoms in total. The molecular weight excluding hydrogens is 336 g/mol. The SMILES string of the molecule is Cc1cc(C)n2ncc(CN3CCC[C@@H]3c3nc4ccccc4n3C)c2n1. The molecule has 1 fully saturated rings. The Hall–Kier alpha value is -2.73. The van der Waals surface area contributed by atoms with E-state index in [2.05, 4.69) is 58.9 Å². The van der Waals surface area contributed by atoms with Gasteiger partial charge in [0.15, 0.2) is 5.65 Å². The third-order valence-electron chi connectivity index (χ3n) is 5.71. The Kier molecular flexibility index (Phi) is 3.75. The van der Waals surface area contributed by atoms with Crippen LogP contribution >= 0.6 is 0 Å². The van der Waals surface area contributed by atoms with Crippen molar-refractivity contribution in [2.75, 3.05) is 6.54 Å². The van der Waals surface area contributed by atoms with E-state index in [4.69, 9.17) is 9.97 Å². The molecule has 1 aliphatic rings. The van der Waals surface area contributed by atoms with E-state index < -0.39 is 0 Å². The summed E-state index contributed by atoms with van der Waals surface area (Å²) in [6.45, 7) is 6.06. The Morgan fingerprint density at radius 1 is 1.15 bits per heavy atom. The molecule has 0 amide bonds. The van der Waals surface area contributed by atoms with Crippen molar-refractivity contribution in [2.24, 2.45) is 7.05 Å². The van der Waals surface area contributed by atoms with E-state index >= 15 is 0 Å². The lowest BCUT2D eigenvalue weighted by molar-refractivity contribution is 0.238. The molecule has 1 atom stereocenters. The first kappa shape index (κ1) is 16.4. The lowest BCUT2D eigenvalue weighted by Crippen LogP contribution is -2.25.